The number of nitrogen functional groups attached to an aromatic ring is 1. The summed E-state index contributed by atoms with van der Waals surface area (Å²) in [5.41, 5.74) is 8.39. The summed E-state index contributed by atoms with van der Waals surface area (Å²) in [5.74, 6) is 0.396. The van der Waals surface area contributed by atoms with Gasteiger partial charge in [-0.25, -0.2) is 9.67 Å². The molecule has 3 N–H and O–H groups in total. The van der Waals surface area contributed by atoms with Crippen molar-refractivity contribution in [1.29, 1.82) is 0 Å². The Morgan fingerprint density at radius 2 is 2.15 bits per heavy atom. The maximum absolute atomic E-state index is 11.8. The lowest BCUT2D eigenvalue weighted by molar-refractivity contribution is 0.0821. The number of benzene rings is 1. The van der Waals surface area contributed by atoms with Crippen LogP contribution in [0.3, 0.4) is 0 Å². The maximum atomic E-state index is 11.8. The van der Waals surface area contributed by atoms with Gasteiger partial charge in [-0.05, 0) is 24.3 Å². The molecule has 0 spiro atoms. The fraction of sp³-hybridized carbons (Fsp3) is 0.154. The van der Waals surface area contributed by atoms with E-state index in [1.54, 1.807) is 38.5 Å². The molecule has 2 aromatic heterocycles. The largest absolute Gasteiger partial charge is 0.399 e. The summed E-state index contributed by atoms with van der Waals surface area (Å²) in [5, 5.41) is 4.22. The molecule has 2 heterocycles. The molecule has 0 aliphatic rings. The van der Waals surface area contributed by atoms with Crippen LogP contribution in [0.2, 0.25) is 0 Å². The molecule has 0 saturated carbocycles. The molecular weight excluding hydrogens is 256 g/mol. The molecule has 0 bridgehead atoms. The summed E-state index contributed by atoms with van der Waals surface area (Å²) in [6.07, 6.45) is 1.69. The monoisotopic (exact) mass is 270 g/mol. The zero-order valence-electron chi connectivity index (χ0n) is 11.2. The van der Waals surface area contributed by atoms with Gasteiger partial charge in [0, 0.05) is 26.0 Å². The third kappa shape index (κ3) is 1.99. The Bertz CT molecular complexity index is 785. The Hall–Kier alpha value is -2.83. The van der Waals surface area contributed by atoms with Crippen molar-refractivity contribution < 1.29 is 4.79 Å². The van der Waals surface area contributed by atoms with Crippen LogP contribution in [-0.4, -0.2) is 44.7 Å². The Balaban J connectivity index is 2.01. The summed E-state index contributed by atoms with van der Waals surface area (Å²) in [6.45, 7) is 0. The molecule has 1 aromatic carbocycles. The molecule has 0 aliphatic heterocycles. The number of nitrogens with one attached hydrogen (secondary N) is 1. The van der Waals surface area contributed by atoms with Gasteiger partial charge < -0.3 is 15.6 Å². The average Bonchev–Trinajstić information content (AvgIpc) is 3.02. The highest BCUT2D eigenvalue weighted by Gasteiger charge is 2.13. The van der Waals surface area contributed by atoms with E-state index in [2.05, 4.69) is 15.1 Å². The van der Waals surface area contributed by atoms with Crippen LogP contribution in [0, 0.1) is 0 Å². The lowest BCUT2D eigenvalue weighted by Crippen LogP contribution is -2.22. The first-order chi connectivity index (χ1) is 9.54. The van der Waals surface area contributed by atoms with Crippen LogP contribution < -0.4 is 5.73 Å². The van der Waals surface area contributed by atoms with E-state index in [0.29, 0.717) is 17.3 Å². The summed E-state index contributed by atoms with van der Waals surface area (Å²) < 4.78 is 1.53. The first-order valence-electron chi connectivity index (χ1n) is 6.07. The quantitative estimate of drug-likeness (QED) is 0.680. The van der Waals surface area contributed by atoms with E-state index in [-0.39, 0.29) is 5.91 Å². The topological polar surface area (TPSA) is 92.8 Å². The number of H-pyrrole nitrogens is 1. The zero-order valence-corrected chi connectivity index (χ0v) is 11.2. The first kappa shape index (κ1) is 12.2. The maximum Gasteiger partial charge on any atom is 0.273 e. The van der Waals surface area contributed by atoms with Crippen molar-refractivity contribution in [3.05, 3.63) is 36.2 Å². The summed E-state index contributed by atoms with van der Waals surface area (Å²) in [6, 6.07) is 7.09. The number of amides is 1. The number of aromatic amines is 1. The number of hydrogen-bond acceptors (Lipinski definition) is 4. The number of fused-ring (bicyclic) bond motifs is 1. The van der Waals surface area contributed by atoms with Crippen molar-refractivity contribution in [2.45, 2.75) is 0 Å². The average molecular weight is 270 g/mol. The second-order valence-electron chi connectivity index (χ2n) is 4.68. The molecule has 7 nitrogen and oxygen atoms in total. The first-order valence-corrected chi connectivity index (χ1v) is 6.07. The fourth-order valence-corrected chi connectivity index (χ4v) is 1.91. The number of carbonyl (C=O) groups is 1. The van der Waals surface area contributed by atoms with Crippen LogP contribution in [0.25, 0.3) is 17.0 Å². The van der Waals surface area contributed by atoms with Gasteiger partial charge in [0.1, 0.15) is 0 Å². The summed E-state index contributed by atoms with van der Waals surface area (Å²) in [7, 11) is 3.37. The molecule has 0 fully saturated rings. The minimum Gasteiger partial charge on any atom is -0.399 e. The van der Waals surface area contributed by atoms with Crippen LogP contribution in [-0.2, 0) is 0 Å². The Labute approximate surface area is 115 Å². The van der Waals surface area contributed by atoms with Crippen molar-refractivity contribution in [2.75, 3.05) is 19.8 Å². The van der Waals surface area contributed by atoms with Crippen molar-refractivity contribution in [2.24, 2.45) is 0 Å². The molecule has 0 atom stereocenters. The molecule has 20 heavy (non-hydrogen) atoms. The van der Waals surface area contributed by atoms with Crippen LogP contribution in [0.1, 0.15) is 10.5 Å². The smallest absolute Gasteiger partial charge is 0.273 e. The predicted octanol–water partition coefficient (Wildman–Crippen LogP) is 1.03. The van der Waals surface area contributed by atoms with Crippen LogP contribution in [0.15, 0.2) is 30.5 Å². The highest BCUT2D eigenvalue weighted by Crippen LogP contribution is 2.16. The van der Waals surface area contributed by atoms with Crippen molar-refractivity contribution >= 4 is 22.6 Å². The molecule has 3 aromatic rings. The van der Waals surface area contributed by atoms with Gasteiger partial charge in [0.25, 0.3) is 5.91 Å². The van der Waals surface area contributed by atoms with Gasteiger partial charge in [0.05, 0.1) is 11.0 Å². The summed E-state index contributed by atoms with van der Waals surface area (Å²) >= 11 is 0. The number of aromatic nitrogens is 4. The van der Waals surface area contributed by atoms with Crippen LogP contribution in [0.5, 0.6) is 0 Å². The second-order valence-corrected chi connectivity index (χ2v) is 4.68. The fourth-order valence-electron chi connectivity index (χ4n) is 1.91. The third-order valence-corrected chi connectivity index (χ3v) is 2.92. The van der Waals surface area contributed by atoms with E-state index in [0.717, 1.165) is 11.0 Å². The van der Waals surface area contributed by atoms with E-state index in [1.165, 1.54) is 9.58 Å². The number of imidazole rings is 1. The van der Waals surface area contributed by atoms with Crippen LogP contribution >= 0.6 is 0 Å². The molecule has 102 valence electrons. The molecule has 1 amide bonds. The lowest BCUT2D eigenvalue weighted by Gasteiger charge is -2.06. The SMILES string of the molecule is CN(C)C(=O)c1ccn(-c2nc3ccc(N)cc3[nH]2)n1. The third-order valence-electron chi connectivity index (χ3n) is 2.92. The Morgan fingerprint density at radius 3 is 2.90 bits per heavy atom. The molecular formula is C13H14N6O. The number of hydrogen-bond donors (Lipinski definition) is 2. The number of nitrogens with two attached hydrogens (primary N) is 1. The zero-order chi connectivity index (χ0) is 14.3. The van der Waals surface area contributed by atoms with E-state index in [1.807, 2.05) is 6.07 Å². The molecule has 0 aliphatic carbocycles. The van der Waals surface area contributed by atoms with Gasteiger partial charge in [0.15, 0.2) is 5.69 Å². The van der Waals surface area contributed by atoms with Gasteiger partial charge >= 0.3 is 0 Å². The van der Waals surface area contributed by atoms with Crippen molar-refractivity contribution in [3.8, 4) is 5.95 Å². The van der Waals surface area contributed by atoms with Crippen molar-refractivity contribution in [3.63, 3.8) is 0 Å². The van der Waals surface area contributed by atoms with Gasteiger partial charge in [-0.1, -0.05) is 0 Å². The predicted molar refractivity (Wildman–Crippen MR) is 75.6 cm³/mol. The lowest BCUT2D eigenvalue weighted by atomic mass is 10.3. The minimum absolute atomic E-state index is 0.149. The minimum atomic E-state index is -0.149. The molecule has 0 saturated heterocycles. The van der Waals surface area contributed by atoms with E-state index in [4.69, 9.17) is 5.73 Å². The van der Waals surface area contributed by atoms with E-state index < -0.39 is 0 Å². The number of rotatable bonds is 2. The van der Waals surface area contributed by atoms with Gasteiger partial charge in [0.2, 0.25) is 5.95 Å². The molecule has 7 heteroatoms. The van der Waals surface area contributed by atoms with Gasteiger partial charge in [-0.2, -0.15) is 5.10 Å². The normalized spacial score (nSPS) is 10.9. The molecule has 0 unspecified atom stereocenters. The number of carbonyl (C=O) groups excluding carboxylic acids is 1. The van der Waals surface area contributed by atoms with E-state index in [9.17, 15) is 4.79 Å². The van der Waals surface area contributed by atoms with E-state index >= 15 is 0 Å². The standard InChI is InChI=1S/C13H14N6O/c1-18(2)12(20)10-5-6-19(17-10)13-15-9-4-3-8(14)7-11(9)16-13/h3-7H,14H2,1-2H3,(H,15,16). The highest BCUT2D eigenvalue weighted by molar-refractivity contribution is 5.91. The molecule has 3 rings (SSSR count). The van der Waals surface area contributed by atoms with Crippen molar-refractivity contribution in [1.82, 2.24) is 24.6 Å². The van der Waals surface area contributed by atoms with Crippen LogP contribution in [0.4, 0.5) is 5.69 Å². The number of nitrogens with zero attached hydrogens (tertiary/aromatic N) is 4. The highest BCUT2D eigenvalue weighted by atomic mass is 16.2. The molecule has 0 radical (unpaired) electrons. The second kappa shape index (κ2) is 4.37. The van der Waals surface area contributed by atoms with Gasteiger partial charge in [-0.3, -0.25) is 4.79 Å². The Kier molecular flexibility index (Phi) is 2.67. The number of anilines is 1. The Morgan fingerprint density at radius 1 is 1.35 bits per heavy atom. The van der Waals surface area contributed by atoms with Gasteiger partial charge in [-0.15, -0.1) is 0 Å². The summed E-state index contributed by atoms with van der Waals surface area (Å²) in [4.78, 5) is 20.8.